The average Bonchev–Trinajstić information content (AvgIpc) is 2.56. The third kappa shape index (κ3) is 4.36. The summed E-state index contributed by atoms with van der Waals surface area (Å²) in [6, 6.07) is 7.87. The minimum Gasteiger partial charge on any atom is -0.493 e. The number of ether oxygens (including phenoxy) is 2. The van der Waals surface area contributed by atoms with Gasteiger partial charge in [0.25, 0.3) is 0 Å². The highest BCUT2D eigenvalue weighted by atomic mass is 16.5. The molecule has 2 aliphatic heterocycles. The minimum absolute atomic E-state index is 0.00976. The van der Waals surface area contributed by atoms with E-state index in [1.807, 2.05) is 31.2 Å². The van der Waals surface area contributed by atoms with Crippen molar-refractivity contribution in [3.05, 3.63) is 29.8 Å². The van der Waals surface area contributed by atoms with Crippen LogP contribution in [-0.4, -0.2) is 56.4 Å². The number of para-hydroxylation sites is 1. The van der Waals surface area contributed by atoms with Crippen LogP contribution in [0.25, 0.3) is 0 Å². The number of hydrogen-bond acceptors (Lipinski definition) is 4. The van der Waals surface area contributed by atoms with E-state index in [4.69, 9.17) is 9.47 Å². The summed E-state index contributed by atoms with van der Waals surface area (Å²) in [7, 11) is 0. The highest BCUT2D eigenvalue weighted by Crippen LogP contribution is 2.31. The second kappa shape index (κ2) is 7.66. The molecule has 0 saturated carbocycles. The second-order valence-electron chi connectivity index (χ2n) is 6.16. The van der Waals surface area contributed by atoms with Crippen LogP contribution >= 0.6 is 0 Å². The van der Waals surface area contributed by atoms with E-state index in [-0.39, 0.29) is 18.1 Å². The average molecular weight is 319 g/mol. The van der Waals surface area contributed by atoms with Gasteiger partial charge in [-0.05, 0) is 13.0 Å². The summed E-state index contributed by atoms with van der Waals surface area (Å²) in [5.74, 6) is 0.866. The lowest BCUT2D eigenvalue weighted by molar-refractivity contribution is 0.0349. The van der Waals surface area contributed by atoms with Gasteiger partial charge in [0.2, 0.25) is 0 Å². The summed E-state index contributed by atoms with van der Waals surface area (Å²) in [6.07, 6.45) is 0.794. The van der Waals surface area contributed by atoms with Crippen molar-refractivity contribution in [3.63, 3.8) is 0 Å². The number of nitrogens with zero attached hydrogens (tertiary/aromatic N) is 1. The zero-order chi connectivity index (χ0) is 16.1. The Morgan fingerprint density at radius 3 is 2.91 bits per heavy atom. The van der Waals surface area contributed by atoms with Crippen molar-refractivity contribution in [1.82, 2.24) is 15.5 Å². The number of rotatable bonds is 4. The van der Waals surface area contributed by atoms with Crippen LogP contribution in [0.15, 0.2) is 24.3 Å². The number of amides is 2. The van der Waals surface area contributed by atoms with E-state index in [1.54, 1.807) is 0 Å². The lowest BCUT2D eigenvalue weighted by Crippen LogP contribution is -2.49. The predicted octanol–water partition coefficient (Wildman–Crippen LogP) is 1.53. The van der Waals surface area contributed by atoms with Crippen molar-refractivity contribution >= 4 is 6.03 Å². The normalized spacial score (nSPS) is 22.6. The number of hydrogen-bond donors (Lipinski definition) is 2. The molecule has 0 spiro atoms. The molecule has 2 aliphatic rings. The Morgan fingerprint density at radius 1 is 1.30 bits per heavy atom. The van der Waals surface area contributed by atoms with Crippen LogP contribution in [0.1, 0.15) is 24.9 Å². The lowest BCUT2D eigenvalue weighted by Gasteiger charge is -2.30. The molecule has 23 heavy (non-hydrogen) atoms. The van der Waals surface area contributed by atoms with Crippen LogP contribution < -0.4 is 15.4 Å². The van der Waals surface area contributed by atoms with Gasteiger partial charge in [-0.1, -0.05) is 18.2 Å². The molecule has 6 heteroatoms. The van der Waals surface area contributed by atoms with Gasteiger partial charge in [0.15, 0.2) is 0 Å². The number of morpholine rings is 1. The molecule has 1 aromatic rings. The standard InChI is InChI=1S/C17H25N3O3/c1-13(12-20-7-10-22-11-8-20)18-17(21)19-15-6-9-23-16-5-3-2-4-14(15)16/h2-5,13,15H,6-12H2,1H3,(H2,18,19,21)/t13-,15-/m0/s1. The fraction of sp³-hybridized carbons (Fsp3) is 0.588. The second-order valence-corrected chi connectivity index (χ2v) is 6.16. The summed E-state index contributed by atoms with van der Waals surface area (Å²) in [6.45, 7) is 6.93. The third-order valence-corrected chi connectivity index (χ3v) is 4.28. The Kier molecular flexibility index (Phi) is 5.35. The van der Waals surface area contributed by atoms with Gasteiger partial charge in [-0.2, -0.15) is 0 Å². The van der Waals surface area contributed by atoms with E-state index in [2.05, 4.69) is 15.5 Å². The monoisotopic (exact) mass is 319 g/mol. The Bertz CT molecular complexity index is 532. The van der Waals surface area contributed by atoms with Crippen molar-refractivity contribution in [1.29, 1.82) is 0 Å². The van der Waals surface area contributed by atoms with Gasteiger partial charge >= 0.3 is 6.03 Å². The predicted molar refractivity (Wildman–Crippen MR) is 87.7 cm³/mol. The molecule has 0 aliphatic carbocycles. The van der Waals surface area contributed by atoms with Crippen molar-refractivity contribution in [3.8, 4) is 5.75 Å². The van der Waals surface area contributed by atoms with Crippen molar-refractivity contribution in [2.75, 3.05) is 39.5 Å². The molecular formula is C17H25N3O3. The van der Waals surface area contributed by atoms with E-state index in [1.165, 1.54) is 0 Å². The van der Waals surface area contributed by atoms with Crippen LogP contribution in [-0.2, 0) is 4.74 Å². The van der Waals surface area contributed by atoms with Gasteiger partial charge in [-0.15, -0.1) is 0 Å². The summed E-state index contributed by atoms with van der Waals surface area (Å²) < 4.78 is 11.0. The van der Waals surface area contributed by atoms with Crippen LogP contribution in [0.3, 0.4) is 0 Å². The molecule has 1 aromatic carbocycles. The van der Waals surface area contributed by atoms with E-state index < -0.39 is 0 Å². The van der Waals surface area contributed by atoms with Gasteiger partial charge < -0.3 is 20.1 Å². The quantitative estimate of drug-likeness (QED) is 0.883. The smallest absolute Gasteiger partial charge is 0.315 e. The summed E-state index contributed by atoms with van der Waals surface area (Å²) in [5.41, 5.74) is 1.05. The van der Waals surface area contributed by atoms with Crippen LogP contribution in [0.5, 0.6) is 5.75 Å². The van der Waals surface area contributed by atoms with Crippen LogP contribution in [0.4, 0.5) is 4.79 Å². The van der Waals surface area contributed by atoms with Crippen molar-refractivity contribution in [2.24, 2.45) is 0 Å². The number of urea groups is 1. The number of fused-ring (bicyclic) bond motifs is 1. The maximum Gasteiger partial charge on any atom is 0.315 e. The minimum atomic E-state index is -0.118. The third-order valence-electron chi connectivity index (χ3n) is 4.28. The molecule has 2 N–H and O–H groups in total. The fourth-order valence-corrected chi connectivity index (χ4v) is 3.13. The molecular weight excluding hydrogens is 294 g/mol. The summed E-state index contributed by atoms with van der Waals surface area (Å²) >= 11 is 0. The lowest BCUT2D eigenvalue weighted by atomic mass is 10.0. The largest absolute Gasteiger partial charge is 0.493 e. The van der Waals surface area contributed by atoms with Crippen molar-refractivity contribution in [2.45, 2.75) is 25.4 Å². The highest BCUT2D eigenvalue weighted by molar-refractivity contribution is 5.75. The maximum absolute atomic E-state index is 12.3. The molecule has 0 radical (unpaired) electrons. The Balaban J connectivity index is 1.49. The molecule has 1 saturated heterocycles. The van der Waals surface area contributed by atoms with E-state index in [0.717, 1.165) is 50.6 Å². The molecule has 126 valence electrons. The zero-order valence-electron chi connectivity index (χ0n) is 13.6. The molecule has 3 rings (SSSR count). The Labute approximate surface area is 137 Å². The molecule has 2 amide bonds. The van der Waals surface area contributed by atoms with Gasteiger partial charge in [-0.3, -0.25) is 4.90 Å². The molecule has 0 bridgehead atoms. The van der Waals surface area contributed by atoms with Gasteiger partial charge in [0, 0.05) is 37.7 Å². The SMILES string of the molecule is C[C@@H](CN1CCOCC1)NC(=O)N[C@H]1CCOc2ccccc21. The Hall–Kier alpha value is -1.79. The van der Waals surface area contributed by atoms with Crippen LogP contribution in [0.2, 0.25) is 0 Å². The molecule has 1 fully saturated rings. The van der Waals surface area contributed by atoms with E-state index in [9.17, 15) is 4.79 Å². The molecule has 6 nitrogen and oxygen atoms in total. The van der Waals surface area contributed by atoms with E-state index >= 15 is 0 Å². The van der Waals surface area contributed by atoms with Gasteiger partial charge in [-0.25, -0.2) is 4.79 Å². The topological polar surface area (TPSA) is 62.8 Å². The first-order valence-electron chi connectivity index (χ1n) is 8.31. The first-order chi connectivity index (χ1) is 11.2. The van der Waals surface area contributed by atoms with Crippen molar-refractivity contribution < 1.29 is 14.3 Å². The first-order valence-corrected chi connectivity index (χ1v) is 8.31. The molecule has 2 atom stereocenters. The number of benzene rings is 1. The molecule has 0 aromatic heterocycles. The summed E-state index contributed by atoms with van der Waals surface area (Å²) in [4.78, 5) is 14.6. The van der Waals surface area contributed by atoms with Gasteiger partial charge in [0.1, 0.15) is 5.75 Å². The number of carbonyl (C=O) groups is 1. The number of carbonyl (C=O) groups excluding carboxylic acids is 1. The first kappa shape index (κ1) is 16.1. The Morgan fingerprint density at radius 2 is 2.09 bits per heavy atom. The fourth-order valence-electron chi connectivity index (χ4n) is 3.13. The summed E-state index contributed by atoms with van der Waals surface area (Å²) in [5, 5.41) is 6.10. The maximum atomic E-state index is 12.3. The molecule has 2 heterocycles. The number of nitrogens with one attached hydrogen (secondary N) is 2. The van der Waals surface area contributed by atoms with Crippen LogP contribution in [0, 0.1) is 0 Å². The molecule has 0 unspecified atom stereocenters. The van der Waals surface area contributed by atoms with E-state index in [0.29, 0.717) is 6.61 Å². The highest BCUT2D eigenvalue weighted by Gasteiger charge is 2.23. The van der Waals surface area contributed by atoms with Gasteiger partial charge in [0.05, 0.1) is 25.9 Å². The zero-order valence-corrected chi connectivity index (χ0v) is 13.6.